The Morgan fingerprint density at radius 3 is 2.60 bits per heavy atom. The molecule has 2 atom stereocenters. The van der Waals surface area contributed by atoms with Crippen molar-refractivity contribution in [3.8, 4) is 0 Å². The number of amides is 1. The highest BCUT2D eigenvalue weighted by atomic mass is 32.1. The highest BCUT2D eigenvalue weighted by molar-refractivity contribution is 7.09. The zero-order valence-corrected chi connectivity index (χ0v) is 15.6. The SMILES string of the molecule is COCCn1cc(C)s/c1=N\C(=O)C12CC3CC(O)(CC(O)(C3)C1)C2. The lowest BCUT2D eigenvalue weighted by Gasteiger charge is -2.61. The van der Waals surface area contributed by atoms with E-state index in [0.717, 1.165) is 11.3 Å². The fourth-order valence-corrected chi connectivity index (χ4v) is 6.58. The Kier molecular flexibility index (Phi) is 3.99. The molecule has 1 aromatic heterocycles. The molecule has 6 nitrogen and oxygen atoms in total. The van der Waals surface area contributed by atoms with Crippen molar-refractivity contribution in [2.24, 2.45) is 16.3 Å². The average Bonchev–Trinajstić information content (AvgIpc) is 2.81. The number of rotatable bonds is 4. The maximum atomic E-state index is 13.2. The summed E-state index contributed by atoms with van der Waals surface area (Å²) in [6, 6.07) is 0. The molecule has 138 valence electrons. The summed E-state index contributed by atoms with van der Waals surface area (Å²) in [5.41, 5.74) is -2.52. The van der Waals surface area contributed by atoms with Gasteiger partial charge in [-0.25, -0.2) is 0 Å². The molecule has 1 aromatic rings. The van der Waals surface area contributed by atoms with Crippen molar-refractivity contribution in [3.05, 3.63) is 15.9 Å². The van der Waals surface area contributed by atoms with Gasteiger partial charge in [0, 0.05) is 31.1 Å². The largest absolute Gasteiger partial charge is 0.390 e. The van der Waals surface area contributed by atoms with Crippen LogP contribution in [-0.4, -0.2) is 45.6 Å². The van der Waals surface area contributed by atoms with Crippen molar-refractivity contribution >= 4 is 17.2 Å². The molecule has 0 aromatic carbocycles. The number of methoxy groups -OCH3 is 1. The molecule has 0 saturated heterocycles. The van der Waals surface area contributed by atoms with Crippen LogP contribution < -0.4 is 4.80 Å². The number of thiazole rings is 1. The Morgan fingerprint density at radius 1 is 1.32 bits per heavy atom. The quantitative estimate of drug-likeness (QED) is 0.843. The van der Waals surface area contributed by atoms with Crippen LogP contribution in [0, 0.1) is 18.3 Å². The van der Waals surface area contributed by atoms with E-state index < -0.39 is 16.6 Å². The Labute approximate surface area is 151 Å². The van der Waals surface area contributed by atoms with Gasteiger partial charge in [0.2, 0.25) is 0 Å². The van der Waals surface area contributed by atoms with Crippen molar-refractivity contribution in [3.63, 3.8) is 0 Å². The first-order valence-corrected chi connectivity index (χ1v) is 9.76. The molecule has 4 saturated carbocycles. The van der Waals surface area contributed by atoms with Crippen molar-refractivity contribution in [2.45, 2.75) is 63.2 Å². The molecule has 2 unspecified atom stereocenters. The van der Waals surface area contributed by atoms with E-state index in [0.29, 0.717) is 50.1 Å². The molecule has 4 bridgehead atoms. The van der Waals surface area contributed by atoms with Gasteiger partial charge in [0.1, 0.15) is 0 Å². The maximum absolute atomic E-state index is 13.2. The van der Waals surface area contributed by atoms with Crippen LogP contribution in [0.2, 0.25) is 0 Å². The Morgan fingerprint density at radius 2 is 2.00 bits per heavy atom. The number of aliphatic hydroxyl groups is 2. The van der Waals surface area contributed by atoms with E-state index in [1.165, 1.54) is 11.3 Å². The normalized spacial score (nSPS) is 40.0. The molecule has 25 heavy (non-hydrogen) atoms. The fourth-order valence-electron chi connectivity index (χ4n) is 5.72. The molecular weight excluding hydrogens is 340 g/mol. The second-order valence-corrected chi connectivity index (χ2v) is 9.68. The van der Waals surface area contributed by atoms with Gasteiger partial charge in [0.25, 0.3) is 5.91 Å². The molecule has 5 rings (SSSR count). The zero-order valence-electron chi connectivity index (χ0n) is 14.8. The lowest BCUT2D eigenvalue weighted by atomic mass is 9.46. The maximum Gasteiger partial charge on any atom is 0.254 e. The summed E-state index contributed by atoms with van der Waals surface area (Å²) in [6.07, 6.45) is 5.40. The van der Waals surface area contributed by atoms with Crippen LogP contribution in [0.15, 0.2) is 11.2 Å². The third-order valence-corrected chi connectivity index (χ3v) is 6.97. The monoisotopic (exact) mass is 366 g/mol. The van der Waals surface area contributed by atoms with Gasteiger partial charge in [0.05, 0.1) is 23.2 Å². The van der Waals surface area contributed by atoms with Gasteiger partial charge in [-0.3, -0.25) is 4.79 Å². The van der Waals surface area contributed by atoms with Crippen LogP contribution in [0.25, 0.3) is 0 Å². The van der Waals surface area contributed by atoms with E-state index in [9.17, 15) is 15.0 Å². The third-order valence-electron chi connectivity index (χ3n) is 6.03. The average molecular weight is 366 g/mol. The van der Waals surface area contributed by atoms with Gasteiger partial charge in [-0.1, -0.05) is 0 Å². The van der Waals surface area contributed by atoms with Crippen LogP contribution in [0.3, 0.4) is 0 Å². The summed E-state index contributed by atoms with van der Waals surface area (Å²) < 4.78 is 7.08. The highest BCUT2D eigenvalue weighted by Gasteiger charge is 2.65. The molecule has 4 fully saturated rings. The topological polar surface area (TPSA) is 84.1 Å². The lowest BCUT2D eigenvalue weighted by Crippen LogP contribution is -2.64. The number of hydrogen-bond donors (Lipinski definition) is 2. The Bertz CT molecular complexity index is 749. The smallest absolute Gasteiger partial charge is 0.254 e. The molecule has 0 aliphatic heterocycles. The van der Waals surface area contributed by atoms with Crippen LogP contribution in [0.5, 0.6) is 0 Å². The van der Waals surface area contributed by atoms with E-state index in [4.69, 9.17) is 4.74 Å². The molecule has 4 aliphatic carbocycles. The molecule has 1 heterocycles. The lowest BCUT2D eigenvalue weighted by molar-refractivity contribution is -0.227. The predicted molar refractivity (Wildman–Crippen MR) is 93.0 cm³/mol. The second kappa shape index (κ2) is 5.74. The summed E-state index contributed by atoms with van der Waals surface area (Å²) in [6.45, 7) is 3.20. The predicted octanol–water partition coefficient (Wildman–Crippen LogP) is 1.38. The van der Waals surface area contributed by atoms with Gasteiger partial charge in [-0.05, 0) is 44.9 Å². The van der Waals surface area contributed by atoms with Gasteiger partial charge < -0.3 is 19.5 Å². The Balaban J connectivity index is 1.68. The fraction of sp³-hybridized carbons (Fsp3) is 0.778. The number of nitrogens with zero attached hydrogens (tertiary/aromatic N) is 2. The van der Waals surface area contributed by atoms with E-state index in [-0.39, 0.29) is 11.8 Å². The highest BCUT2D eigenvalue weighted by Crippen LogP contribution is 2.63. The Hall–Kier alpha value is -1.02. The number of aromatic nitrogens is 1. The number of aryl methyl sites for hydroxylation is 1. The second-order valence-electron chi connectivity index (χ2n) is 8.47. The number of hydrogen-bond acceptors (Lipinski definition) is 5. The van der Waals surface area contributed by atoms with Gasteiger partial charge >= 0.3 is 0 Å². The molecule has 2 N–H and O–H groups in total. The standard InChI is InChI=1S/C18H26N2O4S/c1-12-8-20(3-4-24-2)15(25-12)19-14(21)16-5-13-6-17(22,9-16)11-18(23,7-13)10-16/h8,13,22-23H,3-7,9-11H2,1-2H3/b19-15-. The van der Waals surface area contributed by atoms with Crippen molar-refractivity contribution in [1.29, 1.82) is 0 Å². The van der Waals surface area contributed by atoms with Crippen molar-refractivity contribution in [1.82, 2.24) is 4.57 Å². The summed E-state index contributed by atoms with van der Waals surface area (Å²) in [5, 5.41) is 21.7. The molecule has 4 aliphatic rings. The van der Waals surface area contributed by atoms with E-state index >= 15 is 0 Å². The molecule has 0 radical (unpaired) electrons. The summed E-state index contributed by atoms with van der Waals surface area (Å²) >= 11 is 1.49. The minimum absolute atomic E-state index is 0.179. The molecular formula is C18H26N2O4S. The van der Waals surface area contributed by atoms with Crippen LogP contribution in [-0.2, 0) is 16.1 Å². The minimum Gasteiger partial charge on any atom is -0.390 e. The van der Waals surface area contributed by atoms with Crippen LogP contribution in [0.4, 0.5) is 0 Å². The summed E-state index contributed by atoms with van der Waals surface area (Å²) in [7, 11) is 1.65. The first-order valence-electron chi connectivity index (χ1n) is 8.95. The number of carbonyl (C=O) groups is 1. The van der Waals surface area contributed by atoms with E-state index in [1.54, 1.807) is 7.11 Å². The van der Waals surface area contributed by atoms with Gasteiger partial charge in [0.15, 0.2) is 4.80 Å². The zero-order chi connectivity index (χ0) is 17.9. The van der Waals surface area contributed by atoms with E-state index in [1.807, 2.05) is 17.7 Å². The first-order chi connectivity index (χ1) is 11.7. The van der Waals surface area contributed by atoms with Crippen molar-refractivity contribution < 1.29 is 19.7 Å². The molecule has 7 heteroatoms. The number of carbonyl (C=O) groups excluding carboxylic acids is 1. The van der Waals surface area contributed by atoms with Crippen LogP contribution in [0.1, 0.15) is 43.4 Å². The molecule has 0 spiro atoms. The van der Waals surface area contributed by atoms with Crippen LogP contribution >= 0.6 is 11.3 Å². The number of ether oxygens (including phenoxy) is 1. The molecule has 1 amide bonds. The first kappa shape index (κ1) is 17.4. The van der Waals surface area contributed by atoms with Crippen molar-refractivity contribution in [2.75, 3.05) is 13.7 Å². The van der Waals surface area contributed by atoms with Gasteiger partial charge in [-0.15, -0.1) is 11.3 Å². The van der Waals surface area contributed by atoms with Gasteiger partial charge in [-0.2, -0.15) is 4.99 Å². The summed E-state index contributed by atoms with van der Waals surface area (Å²) in [4.78, 5) is 19.4. The minimum atomic E-state index is -0.906. The third kappa shape index (κ3) is 3.01. The van der Waals surface area contributed by atoms with E-state index in [2.05, 4.69) is 4.99 Å². The summed E-state index contributed by atoms with van der Waals surface area (Å²) in [5.74, 6) is 0.0394.